The van der Waals surface area contributed by atoms with Crippen molar-refractivity contribution in [2.75, 3.05) is 12.5 Å². The summed E-state index contributed by atoms with van der Waals surface area (Å²) in [5.41, 5.74) is 0.400. The van der Waals surface area contributed by atoms with E-state index in [1.54, 1.807) is 12.1 Å². The van der Waals surface area contributed by atoms with E-state index in [0.717, 1.165) is 4.47 Å². The fourth-order valence-corrected chi connectivity index (χ4v) is 1.93. The first-order valence-electron chi connectivity index (χ1n) is 4.48. The third-order valence-electron chi connectivity index (χ3n) is 2.13. The molecule has 0 radical (unpaired) electrons. The zero-order valence-electron chi connectivity index (χ0n) is 7.75. The van der Waals surface area contributed by atoms with Gasteiger partial charge in [0.1, 0.15) is 5.82 Å². The van der Waals surface area contributed by atoms with Gasteiger partial charge in [0.2, 0.25) is 0 Å². The molecule has 2 atom stereocenters. The Morgan fingerprint density at radius 2 is 2.33 bits per heavy atom. The number of rotatable bonds is 2. The van der Waals surface area contributed by atoms with Gasteiger partial charge in [0.25, 0.3) is 0 Å². The van der Waals surface area contributed by atoms with Crippen molar-refractivity contribution in [3.05, 3.63) is 34.1 Å². The minimum Gasteiger partial charge on any atom is -0.346 e. The van der Waals surface area contributed by atoms with Crippen molar-refractivity contribution in [1.82, 2.24) is 0 Å². The van der Waals surface area contributed by atoms with Crippen molar-refractivity contribution in [1.29, 1.82) is 0 Å². The van der Waals surface area contributed by atoms with E-state index >= 15 is 0 Å². The zero-order valence-corrected chi connectivity index (χ0v) is 10.1. The largest absolute Gasteiger partial charge is 0.346 e. The average Bonchev–Trinajstić information content (AvgIpc) is 2.70. The molecule has 0 aromatic heterocycles. The summed E-state index contributed by atoms with van der Waals surface area (Å²) in [6, 6.07) is 4.66. The fraction of sp³-hybridized carbons (Fsp3) is 0.400. The summed E-state index contributed by atoms with van der Waals surface area (Å²) in [5.74, 6) is 0.0185. The van der Waals surface area contributed by atoms with Gasteiger partial charge in [-0.1, -0.05) is 15.9 Å². The molecule has 0 bridgehead atoms. The number of ether oxygens (including phenoxy) is 2. The Labute approximate surface area is 100 Å². The van der Waals surface area contributed by atoms with Gasteiger partial charge >= 0.3 is 0 Å². The van der Waals surface area contributed by atoms with Crippen LogP contribution in [0.3, 0.4) is 0 Å². The molecule has 1 aliphatic heterocycles. The van der Waals surface area contributed by atoms with Gasteiger partial charge in [0.05, 0.1) is 18.6 Å². The van der Waals surface area contributed by atoms with Crippen molar-refractivity contribution < 1.29 is 13.9 Å². The molecule has 2 nitrogen and oxygen atoms in total. The third kappa shape index (κ3) is 2.50. The molecular weight excluding hydrogens is 286 g/mol. The lowest BCUT2D eigenvalue weighted by atomic mass is 10.2. The van der Waals surface area contributed by atoms with Crippen molar-refractivity contribution in [3.8, 4) is 0 Å². The topological polar surface area (TPSA) is 18.5 Å². The van der Waals surface area contributed by atoms with E-state index in [-0.39, 0.29) is 11.9 Å². The molecule has 5 heteroatoms. The molecule has 2 rings (SSSR count). The monoisotopic (exact) mass is 294 g/mol. The van der Waals surface area contributed by atoms with Gasteiger partial charge in [-0.05, 0) is 18.2 Å². The first-order valence-corrected chi connectivity index (χ1v) is 5.81. The Balaban J connectivity index is 2.19. The summed E-state index contributed by atoms with van der Waals surface area (Å²) in [7, 11) is 0. The van der Waals surface area contributed by atoms with Gasteiger partial charge in [-0.2, -0.15) is 0 Å². The molecule has 0 spiro atoms. The predicted molar refractivity (Wildman–Crippen MR) is 58.4 cm³/mol. The van der Waals surface area contributed by atoms with E-state index in [1.165, 1.54) is 6.07 Å². The average molecular weight is 296 g/mol. The van der Waals surface area contributed by atoms with Crippen molar-refractivity contribution in [2.45, 2.75) is 12.4 Å². The quantitative estimate of drug-likeness (QED) is 0.780. The lowest BCUT2D eigenvalue weighted by Gasteiger charge is -2.11. The Kier molecular flexibility index (Phi) is 3.61. The maximum atomic E-state index is 13.4. The molecule has 15 heavy (non-hydrogen) atoms. The second-order valence-corrected chi connectivity index (χ2v) is 4.47. The maximum Gasteiger partial charge on any atom is 0.187 e. The lowest BCUT2D eigenvalue weighted by Crippen LogP contribution is -2.11. The van der Waals surface area contributed by atoms with E-state index < -0.39 is 6.29 Å². The summed E-state index contributed by atoms with van der Waals surface area (Å²) in [5, 5.41) is 0. The molecule has 2 unspecified atom stereocenters. The highest BCUT2D eigenvalue weighted by atomic mass is 79.9. The molecule has 1 aromatic rings. The van der Waals surface area contributed by atoms with E-state index in [0.29, 0.717) is 18.1 Å². The summed E-state index contributed by atoms with van der Waals surface area (Å²) in [6.45, 7) is 0.403. The van der Waals surface area contributed by atoms with Crippen LogP contribution in [0.5, 0.6) is 0 Å². The number of alkyl halides is 1. The van der Waals surface area contributed by atoms with Gasteiger partial charge < -0.3 is 9.47 Å². The van der Waals surface area contributed by atoms with Gasteiger partial charge in [-0.15, -0.1) is 11.6 Å². The summed E-state index contributed by atoms with van der Waals surface area (Å²) < 4.78 is 25.0. The van der Waals surface area contributed by atoms with Crippen molar-refractivity contribution >= 4 is 27.5 Å². The molecule has 1 saturated heterocycles. The van der Waals surface area contributed by atoms with Gasteiger partial charge in [-0.3, -0.25) is 0 Å². The van der Waals surface area contributed by atoms with E-state index in [1.807, 2.05) is 0 Å². The van der Waals surface area contributed by atoms with Gasteiger partial charge in [0, 0.05) is 10.0 Å². The SMILES string of the molecule is Fc1ccc(Br)cc1C1OCC(CCl)O1. The van der Waals surface area contributed by atoms with Crippen LogP contribution in [0.2, 0.25) is 0 Å². The summed E-state index contributed by atoms with van der Waals surface area (Å²) in [6.07, 6.45) is -0.804. The van der Waals surface area contributed by atoms with Crippen LogP contribution in [0.4, 0.5) is 4.39 Å². The third-order valence-corrected chi connectivity index (χ3v) is 2.97. The Morgan fingerprint density at radius 1 is 1.53 bits per heavy atom. The van der Waals surface area contributed by atoms with Crippen LogP contribution in [0.25, 0.3) is 0 Å². The summed E-state index contributed by atoms with van der Waals surface area (Å²) in [4.78, 5) is 0. The number of halogens is 3. The highest BCUT2D eigenvalue weighted by Gasteiger charge is 2.28. The smallest absolute Gasteiger partial charge is 0.187 e. The molecular formula is C10H9BrClFO2. The molecule has 1 heterocycles. The molecule has 1 fully saturated rings. The molecule has 0 amide bonds. The molecule has 0 aliphatic carbocycles. The first-order chi connectivity index (χ1) is 7.20. The van der Waals surface area contributed by atoms with Gasteiger partial charge in [-0.25, -0.2) is 4.39 Å². The van der Waals surface area contributed by atoms with Crippen LogP contribution in [0.1, 0.15) is 11.9 Å². The minimum absolute atomic E-state index is 0.157. The van der Waals surface area contributed by atoms with Crippen LogP contribution in [-0.2, 0) is 9.47 Å². The Morgan fingerprint density at radius 3 is 3.00 bits per heavy atom. The Bertz CT molecular complexity index is 361. The second-order valence-electron chi connectivity index (χ2n) is 3.24. The first kappa shape index (κ1) is 11.3. The fourth-order valence-electron chi connectivity index (χ4n) is 1.39. The Hall–Kier alpha value is -0.160. The number of hydrogen-bond acceptors (Lipinski definition) is 2. The van der Waals surface area contributed by atoms with Gasteiger partial charge in [0.15, 0.2) is 6.29 Å². The van der Waals surface area contributed by atoms with Crippen molar-refractivity contribution in [2.24, 2.45) is 0 Å². The van der Waals surface area contributed by atoms with Crippen LogP contribution in [-0.4, -0.2) is 18.6 Å². The van der Waals surface area contributed by atoms with Crippen LogP contribution in [0, 0.1) is 5.82 Å². The lowest BCUT2D eigenvalue weighted by molar-refractivity contribution is -0.0589. The highest BCUT2D eigenvalue weighted by molar-refractivity contribution is 9.10. The van der Waals surface area contributed by atoms with E-state index in [9.17, 15) is 4.39 Å². The molecule has 0 N–H and O–H groups in total. The molecule has 82 valence electrons. The standard InChI is InChI=1S/C10H9BrClFO2/c11-6-1-2-9(13)8(3-6)10-14-5-7(4-12)15-10/h1-3,7,10H,4-5H2. The maximum absolute atomic E-state index is 13.4. The van der Waals surface area contributed by atoms with Crippen LogP contribution >= 0.6 is 27.5 Å². The second kappa shape index (κ2) is 4.78. The minimum atomic E-state index is -0.647. The van der Waals surface area contributed by atoms with Crippen LogP contribution in [0.15, 0.2) is 22.7 Å². The van der Waals surface area contributed by atoms with E-state index in [4.69, 9.17) is 21.1 Å². The highest BCUT2D eigenvalue weighted by Crippen LogP contribution is 2.30. The van der Waals surface area contributed by atoms with Crippen LogP contribution < -0.4 is 0 Å². The zero-order chi connectivity index (χ0) is 10.8. The number of hydrogen-bond donors (Lipinski definition) is 0. The predicted octanol–water partition coefficient (Wildman–Crippen LogP) is 3.24. The van der Waals surface area contributed by atoms with E-state index in [2.05, 4.69) is 15.9 Å². The number of benzene rings is 1. The molecule has 1 aromatic carbocycles. The summed E-state index contributed by atoms with van der Waals surface area (Å²) >= 11 is 8.90. The molecule has 0 saturated carbocycles. The molecule has 1 aliphatic rings. The normalized spacial score (nSPS) is 25.8. The van der Waals surface area contributed by atoms with Crippen molar-refractivity contribution in [3.63, 3.8) is 0 Å².